The van der Waals surface area contributed by atoms with E-state index in [9.17, 15) is 4.79 Å². The maximum atomic E-state index is 12.5. The van der Waals surface area contributed by atoms with Crippen LogP contribution < -0.4 is 0 Å². The largest absolute Gasteiger partial charge is 0.339 e. The summed E-state index contributed by atoms with van der Waals surface area (Å²) in [7, 11) is 0. The van der Waals surface area contributed by atoms with Crippen molar-refractivity contribution in [3.8, 4) is 0 Å². The number of nitrogens with zero attached hydrogens (tertiary/aromatic N) is 2. The minimum Gasteiger partial charge on any atom is -0.339 e. The van der Waals surface area contributed by atoms with Crippen molar-refractivity contribution >= 4 is 5.91 Å². The average molecular weight is 264 g/mol. The lowest BCUT2D eigenvalue weighted by Gasteiger charge is -2.40. The van der Waals surface area contributed by atoms with E-state index in [4.69, 9.17) is 0 Å². The Labute approximate surface area is 117 Å². The number of amides is 1. The fourth-order valence-electron chi connectivity index (χ4n) is 3.82. The highest BCUT2D eigenvalue weighted by atomic mass is 16.2. The Morgan fingerprint density at radius 2 is 1.63 bits per heavy atom. The zero-order valence-electron chi connectivity index (χ0n) is 12.1. The molecule has 1 unspecified atom stereocenters. The van der Waals surface area contributed by atoms with Crippen molar-refractivity contribution in [1.29, 1.82) is 0 Å². The first kappa shape index (κ1) is 13.4. The molecule has 3 aliphatic rings. The van der Waals surface area contributed by atoms with Gasteiger partial charge in [-0.1, -0.05) is 6.42 Å². The summed E-state index contributed by atoms with van der Waals surface area (Å²) in [5, 5.41) is 0. The Kier molecular flexibility index (Phi) is 4.42. The zero-order valence-corrected chi connectivity index (χ0v) is 12.1. The number of hydrogen-bond donors (Lipinski definition) is 0. The van der Waals surface area contributed by atoms with E-state index in [0.717, 1.165) is 19.4 Å². The first-order valence-corrected chi connectivity index (χ1v) is 8.37. The van der Waals surface area contributed by atoms with E-state index in [-0.39, 0.29) is 0 Å². The molecular weight excluding hydrogens is 236 g/mol. The van der Waals surface area contributed by atoms with Crippen LogP contribution in [-0.4, -0.2) is 47.9 Å². The first-order valence-electron chi connectivity index (χ1n) is 8.37. The van der Waals surface area contributed by atoms with E-state index in [1.165, 1.54) is 64.6 Å². The summed E-state index contributed by atoms with van der Waals surface area (Å²) in [5.41, 5.74) is 0. The van der Waals surface area contributed by atoms with Crippen molar-refractivity contribution in [2.24, 2.45) is 5.92 Å². The Balaban J connectivity index is 1.52. The summed E-state index contributed by atoms with van der Waals surface area (Å²) in [5.74, 6) is 0.866. The molecule has 0 aromatic carbocycles. The molecule has 0 aromatic heterocycles. The van der Waals surface area contributed by atoms with E-state index >= 15 is 0 Å². The molecule has 3 fully saturated rings. The summed E-state index contributed by atoms with van der Waals surface area (Å²) < 4.78 is 0. The normalized spacial score (nSPS) is 29.5. The van der Waals surface area contributed by atoms with Gasteiger partial charge < -0.3 is 9.80 Å². The fourth-order valence-corrected chi connectivity index (χ4v) is 3.82. The van der Waals surface area contributed by atoms with E-state index in [0.29, 0.717) is 17.9 Å². The molecule has 1 aliphatic carbocycles. The van der Waals surface area contributed by atoms with E-state index in [1.807, 2.05) is 0 Å². The highest BCUT2D eigenvalue weighted by Crippen LogP contribution is 2.31. The van der Waals surface area contributed by atoms with Gasteiger partial charge >= 0.3 is 0 Å². The van der Waals surface area contributed by atoms with Crippen LogP contribution in [0.25, 0.3) is 0 Å². The van der Waals surface area contributed by atoms with Crippen molar-refractivity contribution in [2.45, 2.75) is 63.8 Å². The maximum Gasteiger partial charge on any atom is 0.225 e. The van der Waals surface area contributed by atoms with Crippen LogP contribution in [0.4, 0.5) is 0 Å². The lowest BCUT2D eigenvalue weighted by atomic mass is 9.83. The van der Waals surface area contributed by atoms with E-state index in [2.05, 4.69) is 9.80 Å². The van der Waals surface area contributed by atoms with Crippen molar-refractivity contribution in [2.75, 3.05) is 26.2 Å². The molecule has 0 aromatic rings. The molecule has 108 valence electrons. The fraction of sp³-hybridized carbons (Fsp3) is 0.938. The molecule has 3 heteroatoms. The van der Waals surface area contributed by atoms with Crippen LogP contribution in [0.2, 0.25) is 0 Å². The van der Waals surface area contributed by atoms with Gasteiger partial charge in [-0.3, -0.25) is 4.79 Å². The number of rotatable bonds is 4. The molecule has 3 rings (SSSR count). The van der Waals surface area contributed by atoms with E-state index in [1.54, 1.807) is 0 Å². The second-order valence-corrected chi connectivity index (χ2v) is 6.65. The summed E-state index contributed by atoms with van der Waals surface area (Å²) >= 11 is 0. The number of piperidine rings is 1. The van der Waals surface area contributed by atoms with Gasteiger partial charge in [-0.05, 0) is 64.5 Å². The van der Waals surface area contributed by atoms with Gasteiger partial charge in [-0.25, -0.2) is 0 Å². The summed E-state index contributed by atoms with van der Waals surface area (Å²) in [6.07, 6.45) is 11.3. The van der Waals surface area contributed by atoms with Crippen LogP contribution in [0.1, 0.15) is 57.8 Å². The van der Waals surface area contributed by atoms with Gasteiger partial charge in [-0.2, -0.15) is 0 Å². The Morgan fingerprint density at radius 1 is 0.895 bits per heavy atom. The van der Waals surface area contributed by atoms with E-state index < -0.39 is 0 Å². The first-order chi connectivity index (χ1) is 9.34. The van der Waals surface area contributed by atoms with Crippen molar-refractivity contribution in [3.63, 3.8) is 0 Å². The maximum absolute atomic E-state index is 12.5. The molecule has 2 aliphatic heterocycles. The second kappa shape index (κ2) is 6.25. The quantitative estimate of drug-likeness (QED) is 0.779. The van der Waals surface area contributed by atoms with Gasteiger partial charge in [0.15, 0.2) is 0 Å². The molecule has 3 nitrogen and oxygen atoms in total. The van der Waals surface area contributed by atoms with Crippen LogP contribution in [0.15, 0.2) is 0 Å². The third kappa shape index (κ3) is 3.13. The molecule has 2 saturated heterocycles. The third-order valence-electron chi connectivity index (χ3n) is 5.34. The number of carbonyl (C=O) groups excluding carboxylic acids is 1. The highest BCUT2D eigenvalue weighted by molar-refractivity contribution is 5.80. The van der Waals surface area contributed by atoms with Gasteiger partial charge in [0.1, 0.15) is 0 Å². The van der Waals surface area contributed by atoms with Gasteiger partial charge in [0.2, 0.25) is 5.91 Å². The predicted molar refractivity (Wildman–Crippen MR) is 77.0 cm³/mol. The molecule has 1 amide bonds. The van der Waals surface area contributed by atoms with Gasteiger partial charge in [0, 0.05) is 25.0 Å². The van der Waals surface area contributed by atoms with Crippen LogP contribution in [0.5, 0.6) is 0 Å². The van der Waals surface area contributed by atoms with Crippen LogP contribution >= 0.6 is 0 Å². The Bertz CT molecular complexity index is 308. The Hall–Kier alpha value is -0.570. The molecule has 1 saturated carbocycles. The van der Waals surface area contributed by atoms with Gasteiger partial charge in [0.25, 0.3) is 0 Å². The van der Waals surface area contributed by atoms with Crippen molar-refractivity contribution < 1.29 is 4.79 Å². The highest BCUT2D eigenvalue weighted by Gasteiger charge is 2.34. The van der Waals surface area contributed by atoms with Crippen molar-refractivity contribution in [3.05, 3.63) is 0 Å². The summed E-state index contributed by atoms with van der Waals surface area (Å²) in [6.45, 7) is 4.80. The molecular formula is C16H28N2O. The number of carbonyl (C=O) groups is 1. The summed E-state index contributed by atoms with van der Waals surface area (Å²) in [6, 6.07) is 0.544. The third-order valence-corrected chi connectivity index (χ3v) is 5.34. The standard InChI is InChI=1S/C16H28N2O/c19-16(14-6-5-7-14)18-12-2-1-8-15(18)9-13-17-10-3-4-11-17/h14-15H,1-13H2. The molecule has 0 radical (unpaired) electrons. The molecule has 0 spiro atoms. The van der Waals surface area contributed by atoms with Crippen molar-refractivity contribution in [1.82, 2.24) is 9.80 Å². The van der Waals surface area contributed by atoms with Gasteiger partial charge in [0.05, 0.1) is 0 Å². The van der Waals surface area contributed by atoms with Crippen LogP contribution in [0.3, 0.4) is 0 Å². The minimum absolute atomic E-state index is 0.382. The second-order valence-electron chi connectivity index (χ2n) is 6.65. The average Bonchev–Trinajstić information content (AvgIpc) is 2.87. The van der Waals surface area contributed by atoms with Crippen LogP contribution in [0, 0.1) is 5.92 Å². The SMILES string of the molecule is O=C(C1CCC1)N1CCCCC1CCN1CCCC1. The number of likely N-dealkylation sites (tertiary alicyclic amines) is 2. The lowest BCUT2D eigenvalue weighted by molar-refractivity contribution is -0.142. The zero-order chi connectivity index (χ0) is 13.1. The molecule has 0 N–H and O–H groups in total. The lowest BCUT2D eigenvalue weighted by Crippen LogP contribution is -2.48. The molecule has 1 atom stereocenters. The predicted octanol–water partition coefficient (Wildman–Crippen LogP) is 2.65. The monoisotopic (exact) mass is 264 g/mol. The summed E-state index contributed by atoms with van der Waals surface area (Å²) in [4.78, 5) is 17.3. The Morgan fingerprint density at radius 3 is 2.32 bits per heavy atom. The molecule has 0 bridgehead atoms. The minimum atomic E-state index is 0.382. The van der Waals surface area contributed by atoms with Gasteiger partial charge in [-0.15, -0.1) is 0 Å². The molecule has 19 heavy (non-hydrogen) atoms. The van der Waals surface area contributed by atoms with Crippen LogP contribution in [-0.2, 0) is 4.79 Å². The topological polar surface area (TPSA) is 23.6 Å². The number of hydrogen-bond acceptors (Lipinski definition) is 2. The molecule has 2 heterocycles. The smallest absolute Gasteiger partial charge is 0.225 e.